The minimum Gasteiger partial charge on any atom is -0.372 e. The van der Waals surface area contributed by atoms with Gasteiger partial charge in [0.1, 0.15) is 5.69 Å². The highest BCUT2D eigenvalue weighted by molar-refractivity contribution is 9.10. The zero-order valence-corrected chi connectivity index (χ0v) is 13.9. The molecule has 23 heavy (non-hydrogen) atoms. The van der Waals surface area contributed by atoms with E-state index in [0.717, 1.165) is 22.0 Å². The lowest BCUT2D eigenvalue weighted by molar-refractivity contribution is -0.384. The number of allylic oxidation sites excluding steroid dienone is 2. The van der Waals surface area contributed by atoms with E-state index in [1.54, 1.807) is 12.1 Å². The van der Waals surface area contributed by atoms with Gasteiger partial charge in [-0.25, -0.2) is 0 Å². The summed E-state index contributed by atoms with van der Waals surface area (Å²) in [6, 6.07) is 13.6. The number of para-hydroxylation sites is 1. The van der Waals surface area contributed by atoms with Crippen molar-refractivity contribution in [3.05, 3.63) is 80.3 Å². The maximum absolute atomic E-state index is 11.4. The van der Waals surface area contributed by atoms with Gasteiger partial charge in [0, 0.05) is 16.5 Å². The molecule has 0 aromatic heterocycles. The molecule has 2 aliphatic rings. The smallest absolute Gasteiger partial charge is 0.292 e. The van der Waals surface area contributed by atoms with Crippen LogP contribution in [0.25, 0.3) is 0 Å². The van der Waals surface area contributed by atoms with Crippen LogP contribution in [0.3, 0.4) is 0 Å². The Kier molecular flexibility index (Phi) is 3.45. The van der Waals surface area contributed by atoms with E-state index < -0.39 is 0 Å². The van der Waals surface area contributed by atoms with Crippen molar-refractivity contribution in [2.24, 2.45) is 5.92 Å². The van der Waals surface area contributed by atoms with Crippen molar-refractivity contribution in [3.63, 3.8) is 0 Å². The molecule has 2 aromatic carbocycles. The van der Waals surface area contributed by atoms with Crippen LogP contribution in [-0.4, -0.2) is 4.92 Å². The van der Waals surface area contributed by atoms with E-state index in [0.29, 0.717) is 11.6 Å². The Morgan fingerprint density at radius 1 is 1.22 bits per heavy atom. The lowest BCUT2D eigenvalue weighted by Crippen LogP contribution is -2.29. The molecule has 3 atom stereocenters. The lowest BCUT2D eigenvalue weighted by atomic mass is 9.77. The first-order valence-electron chi connectivity index (χ1n) is 7.61. The van der Waals surface area contributed by atoms with E-state index in [1.807, 2.05) is 18.2 Å². The maximum Gasteiger partial charge on any atom is 0.292 e. The first-order valence-corrected chi connectivity index (χ1v) is 8.40. The van der Waals surface area contributed by atoms with E-state index in [1.165, 1.54) is 0 Å². The standard InChI is InChI=1S/C18H15BrN2O2/c19-12-5-1-4-11(10-12)17-14-7-2-6-13(14)15-8-3-9-16(21(22)23)18(15)20-17/h1-6,8-10,13-14,17,20H,7H2/t13-,14-,17-/m0/s1. The molecule has 4 rings (SSSR count). The molecule has 0 spiro atoms. The number of benzene rings is 2. The predicted octanol–water partition coefficient (Wildman–Crippen LogP) is 5.18. The molecule has 1 aliphatic carbocycles. The molecule has 0 radical (unpaired) electrons. The number of anilines is 1. The van der Waals surface area contributed by atoms with Gasteiger partial charge in [-0.1, -0.05) is 52.3 Å². The molecule has 0 fully saturated rings. The van der Waals surface area contributed by atoms with Gasteiger partial charge in [-0.3, -0.25) is 10.1 Å². The van der Waals surface area contributed by atoms with E-state index in [-0.39, 0.29) is 22.6 Å². The molecule has 0 unspecified atom stereocenters. The number of hydrogen-bond acceptors (Lipinski definition) is 3. The van der Waals surface area contributed by atoms with Crippen LogP contribution in [0.4, 0.5) is 11.4 Å². The molecule has 0 saturated heterocycles. The number of nitrogens with zero attached hydrogens (tertiary/aromatic N) is 1. The van der Waals surface area contributed by atoms with Gasteiger partial charge in [-0.2, -0.15) is 0 Å². The topological polar surface area (TPSA) is 55.2 Å². The van der Waals surface area contributed by atoms with Gasteiger partial charge in [-0.05, 0) is 35.6 Å². The van der Waals surface area contributed by atoms with Crippen LogP contribution in [0.1, 0.15) is 29.5 Å². The molecule has 1 heterocycles. The van der Waals surface area contributed by atoms with Crippen molar-refractivity contribution >= 4 is 27.3 Å². The van der Waals surface area contributed by atoms with Crippen LogP contribution in [0.15, 0.2) is 59.1 Å². The Balaban J connectivity index is 1.85. The molecule has 5 heteroatoms. The van der Waals surface area contributed by atoms with Gasteiger partial charge in [0.25, 0.3) is 5.69 Å². The summed E-state index contributed by atoms with van der Waals surface area (Å²) in [7, 11) is 0. The molecule has 0 bridgehead atoms. The summed E-state index contributed by atoms with van der Waals surface area (Å²) in [5, 5.41) is 14.9. The maximum atomic E-state index is 11.4. The fourth-order valence-electron chi connectivity index (χ4n) is 3.79. The van der Waals surface area contributed by atoms with Gasteiger partial charge in [0.05, 0.1) is 11.0 Å². The van der Waals surface area contributed by atoms with Crippen molar-refractivity contribution in [2.75, 3.05) is 5.32 Å². The SMILES string of the molecule is O=[N+]([O-])c1cccc2c1N[C@@H](c1cccc(Br)c1)[C@H]1CC=C[C@H]21. The third kappa shape index (κ3) is 2.36. The van der Waals surface area contributed by atoms with Crippen molar-refractivity contribution in [1.29, 1.82) is 0 Å². The van der Waals surface area contributed by atoms with Crippen LogP contribution in [0.2, 0.25) is 0 Å². The van der Waals surface area contributed by atoms with Crippen LogP contribution in [0, 0.1) is 16.0 Å². The van der Waals surface area contributed by atoms with Gasteiger partial charge in [0.2, 0.25) is 0 Å². The molecule has 1 N–H and O–H groups in total. The summed E-state index contributed by atoms with van der Waals surface area (Å²) >= 11 is 3.52. The Labute approximate surface area is 142 Å². The number of nitro benzene ring substituents is 1. The normalized spacial score (nSPS) is 24.7. The predicted molar refractivity (Wildman–Crippen MR) is 93.6 cm³/mol. The van der Waals surface area contributed by atoms with Gasteiger partial charge in [-0.15, -0.1) is 0 Å². The Bertz CT molecular complexity index is 818. The Morgan fingerprint density at radius 3 is 2.83 bits per heavy atom. The molecule has 1 aliphatic heterocycles. The summed E-state index contributed by atoms with van der Waals surface area (Å²) in [6.07, 6.45) is 5.37. The highest BCUT2D eigenvalue weighted by Gasteiger charge is 2.40. The number of hydrogen-bond donors (Lipinski definition) is 1. The van der Waals surface area contributed by atoms with Crippen molar-refractivity contribution in [2.45, 2.75) is 18.4 Å². The van der Waals surface area contributed by atoms with E-state index >= 15 is 0 Å². The molecule has 116 valence electrons. The minimum atomic E-state index is -0.303. The molecule has 0 amide bonds. The van der Waals surface area contributed by atoms with Crippen LogP contribution < -0.4 is 5.32 Å². The Hall–Kier alpha value is -2.14. The van der Waals surface area contributed by atoms with Gasteiger partial charge in [0.15, 0.2) is 0 Å². The quantitative estimate of drug-likeness (QED) is 0.449. The second-order valence-corrected chi connectivity index (χ2v) is 6.94. The molecule has 0 saturated carbocycles. The number of nitrogens with one attached hydrogen (secondary N) is 1. The van der Waals surface area contributed by atoms with Gasteiger partial charge >= 0.3 is 0 Å². The Morgan fingerprint density at radius 2 is 2.04 bits per heavy atom. The third-order valence-electron chi connectivity index (χ3n) is 4.78. The van der Waals surface area contributed by atoms with E-state index in [9.17, 15) is 10.1 Å². The summed E-state index contributed by atoms with van der Waals surface area (Å²) < 4.78 is 1.02. The molecule has 4 nitrogen and oxygen atoms in total. The number of fused-ring (bicyclic) bond motifs is 3. The van der Waals surface area contributed by atoms with E-state index in [4.69, 9.17) is 0 Å². The number of nitro groups is 1. The molecule has 2 aromatic rings. The van der Waals surface area contributed by atoms with Gasteiger partial charge < -0.3 is 5.32 Å². The first kappa shape index (κ1) is 14.5. The van der Waals surface area contributed by atoms with Crippen LogP contribution in [-0.2, 0) is 0 Å². The van der Waals surface area contributed by atoms with Crippen LogP contribution >= 0.6 is 15.9 Å². The molecular weight excluding hydrogens is 356 g/mol. The fraction of sp³-hybridized carbons (Fsp3) is 0.222. The first-order chi connectivity index (χ1) is 11.1. The average molecular weight is 371 g/mol. The summed E-state index contributed by atoms with van der Waals surface area (Å²) in [5.41, 5.74) is 3.00. The zero-order valence-electron chi connectivity index (χ0n) is 12.3. The van der Waals surface area contributed by atoms with Crippen LogP contribution in [0.5, 0.6) is 0 Å². The molecular formula is C18H15BrN2O2. The van der Waals surface area contributed by atoms with E-state index in [2.05, 4.69) is 45.5 Å². The second-order valence-electron chi connectivity index (χ2n) is 6.03. The largest absolute Gasteiger partial charge is 0.372 e. The lowest BCUT2D eigenvalue weighted by Gasteiger charge is -2.37. The number of halogens is 1. The highest BCUT2D eigenvalue weighted by atomic mass is 79.9. The zero-order chi connectivity index (χ0) is 16.0. The highest BCUT2D eigenvalue weighted by Crippen LogP contribution is 2.52. The minimum absolute atomic E-state index is 0.0705. The monoisotopic (exact) mass is 370 g/mol. The summed E-state index contributed by atoms with van der Waals surface area (Å²) in [4.78, 5) is 11.1. The van der Waals surface area contributed by atoms with Crippen molar-refractivity contribution in [3.8, 4) is 0 Å². The second kappa shape index (κ2) is 5.49. The van der Waals surface area contributed by atoms with Crippen molar-refractivity contribution < 1.29 is 4.92 Å². The number of rotatable bonds is 2. The van der Waals surface area contributed by atoms with Crippen molar-refractivity contribution in [1.82, 2.24) is 0 Å². The summed E-state index contributed by atoms with van der Waals surface area (Å²) in [5.74, 6) is 0.619. The fourth-order valence-corrected chi connectivity index (χ4v) is 4.20. The third-order valence-corrected chi connectivity index (χ3v) is 5.27. The summed E-state index contributed by atoms with van der Waals surface area (Å²) in [6.45, 7) is 0. The average Bonchev–Trinajstić information content (AvgIpc) is 3.03.